The van der Waals surface area contributed by atoms with E-state index in [9.17, 15) is 26.4 Å². The van der Waals surface area contributed by atoms with Gasteiger partial charge in [-0.25, -0.2) is 4.72 Å². The van der Waals surface area contributed by atoms with Crippen LogP contribution in [0.5, 0.6) is 0 Å². The smallest absolute Gasteiger partial charge is 0.416 e. The molecule has 154 valence electrons. The number of alkyl halides is 3. The number of hydrogen-bond donors (Lipinski definition) is 2. The molecule has 0 spiro atoms. The fourth-order valence-corrected chi connectivity index (χ4v) is 3.04. The zero-order chi connectivity index (χ0) is 21.3. The van der Waals surface area contributed by atoms with Crippen LogP contribution in [0.15, 0.2) is 28.9 Å². The molecule has 0 bridgehead atoms. The first-order valence-corrected chi connectivity index (χ1v) is 9.46. The van der Waals surface area contributed by atoms with E-state index in [2.05, 4.69) is 10.3 Å². The van der Waals surface area contributed by atoms with E-state index in [1.165, 1.54) is 13.1 Å². The molecule has 0 unspecified atom stereocenters. The molecule has 12 heteroatoms. The highest BCUT2D eigenvalue weighted by molar-refractivity contribution is 7.87. The lowest BCUT2D eigenvalue weighted by atomic mass is 10.1. The molecule has 2 aromatic rings. The van der Waals surface area contributed by atoms with Gasteiger partial charge >= 0.3 is 16.4 Å². The Kier molecular flexibility index (Phi) is 6.04. The minimum Gasteiger partial charge on any atom is -0.431 e. The number of aromatic nitrogens is 1. The summed E-state index contributed by atoms with van der Waals surface area (Å²) >= 11 is 0. The molecule has 1 heterocycles. The van der Waals surface area contributed by atoms with Crippen molar-refractivity contribution >= 4 is 27.8 Å². The summed E-state index contributed by atoms with van der Waals surface area (Å²) in [7, 11) is -2.78. The van der Waals surface area contributed by atoms with E-state index in [4.69, 9.17) is 4.42 Å². The standard InChI is InChI=1S/C16H19F3N4O4S/c1-9(2)23(4)28(25,26)22-14(24)13-8-27-15(21-13)20-12-7-11(16(17,18)19)6-5-10(12)3/h5-9H,1-4H3,(H,20,21)(H,22,24). The minimum absolute atomic E-state index is 0.0794. The second-order valence-corrected chi connectivity index (χ2v) is 7.97. The molecular formula is C16H19F3N4O4S. The molecule has 2 N–H and O–H groups in total. The largest absolute Gasteiger partial charge is 0.431 e. The Morgan fingerprint density at radius 1 is 1.29 bits per heavy atom. The number of anilines is 2. The van der Waals surface area contributed by atoms with Gasteiger partial charge in [-0.15, -0.1) is 0 Å². The van der Waals surface area contributed by atoms with Gasteiger partial charge in [0.05, 0.1) is 5.56 Å². The maximum absolute atomic E-state index is 12.8. The third-order valence-corrected chi connectivity index (χ3v) is 5.49. The molecule has 28 heavy (non-hydrogen) atoms. The van der Waals surface area contributed by atoms with Crippen molar-refractivity contribution in [1.29, 1.82) is 0 Å². The number of aryl methyl sites for hydroxylation is 1. The number of benzene rings is 1. The van der Waals surface area contributed by atoms with E-state index < -0.39 is 27.9 Å². The Balaban J connectivity index is 2.18. The molecule has 1 aromatic carbocycles. The van der Waals surface area contributed by atoms with Crippen molar-refractivity contribution < 1.29 is 30.8 Å². The maximum Gasteiger partial charge on any atom is 0.416 e. The number of oxazole rings is 1. The van der Waals surface area contributed by atoms with Crippen LogP contribution in [0.25, 0.3) is 0 Å². The molecule has 1 aromatic heterocycles. The lowest BCUT2D eigenvalue weighted by Gasteiger charge is -2.20. The quantitative estimate of drug-likeness (QED) is 0.744. The van der Waals surface area contributed by atoms with Gasteiger partial charge in [-0.05, 0) is 38.5 Å². The van der Waals surface area contributed by atoms with E-state index >= 15 is 0 Å². The normalized spacial score (nSPS) is 12.5. The Bertz CT molecular complexity index is 971. The highest BCUT2D eigenvalue weighted by Crippen LogP contribution is 2.32. The summed E-state index contributed by atoms with van der Waals surface area (Å²) in [6.45, 7) is 4.83. The van der Waals surface area contributed by atoms with Crippen LogP contribution >= 0.6 is 0 Å². The molecule has 0 atom stereocenters. The van der Waals surface area contributed by atoms with E-state index in [0.717, 1.165) is 22.7 Å². The monoisotopic (exact) mass is 420 g/mol. The molecule has 0 radical (unpaired) electrons. The van der Waals surface area contributed by atoms with Gasteiger partial charge in [0.2, 0.25) is 0 Å². The summed E-state index contributed by atoms with van der Waals surface area (Å²) in [5.41, 5.74) is -0.657. The van der Waals surface area contributed by atoms with E-state index in [1.54, 1.807) is 20.8 Å². The van der Waals surface area contributed by atoms with Crippen molar-refractivity contribution in [2.75, 3.05) is 12.4 Å². The van der Waals surface area contributed by atoms with Gasteiger partial charge in [0, 0.05) is 18.8 Å². The fraction of sp³-hybridized carbons (Fsp3) is 0.375. The molecule has 0 aliphatic rings. The average molecular weight is 420 g/mol. The van der Waals surface area contributed by atoms with Crippen molar-refractivity contribution in [3.63, 3.8) is 0 Å². The summed E-state index contributed by atoms with van der Waals surface area (Å²) in [5.74, 6) is -1.04. The predicted octanol–water partition coefficient (Wildman–Crippen LogP) is 3.06. The van der Waals surface area contributed by atoms with Crippen molar-refractivity contribution in [3.8, 4) is 0 Å². The second-order valence-electron chi connectivity index (χ2n) is 6.24. The van der Waals surface area contributed by atoms with Crippen LogP contribution in [0.2, 0.25) is 0 Å². The topological polar surface area (TPSA) is 105 Å². The van der Waals surface area contributed by atoms with Gasteiger partial charge in [-0.1, -0.05) is 6.07 Å². The molecule has 0 saturated heterocycles. The van der Waals surface area contributed by atoms with Gasteiger partial charge in [0.15, 0.2) is 5.69 Å². The molecule has 0 aliphatic carbocycles. The number of halogens is 3. The lowest BCUT2D eigenvalue weighted by Crippen LogP contribution is -2.44. The van der Waals surface area contributed by atoms with Gasteiger partial charge < -0.3 is 9.73 Å². The second kappa shape index (κ2) is 7.80. The number of amides is 1. The highest BCUT2D eigenvalue weighted by atomic mass is 32.2. The average Bonchev–Trinajstić information content (AvgIpc) is 3.03. The van der Waals surface area contributed by atoms with Crippen LogP contribution in [0.4, 0.5) is 24.9 Å². The Morgan fingerprint density at radius 3 is 2.50 bits per heavy atom. The van der Waals surface area contributed by atoms with Crippen LogP contribution in [-0.4, -0.2) is 36.7 Å². The highest BCUT2D eigenvalue weighted by Gasteiger charge is 2.31. The fourth-order valence-electron chi connectivity index (χ4n) is 2.00. The number of rotatable bonds is 6. The van der Waals surface area contributed by atoms with Crippen LogP contribution in [0.3, 0.4) is 0 Å². The third-order valence-electron chi connectivity index (χ3n) is 3.87. The van der Waals surface area contributed by atoms with Crippen LogP contribution < -0.4 is 10.0 Å². The molecule has 8 nitrogen and oxygen atoms in total. The third kappa shape index (κ3) is 5.01. The number of carbonyl (C=O) groups excluding carboxylic acids is 1. The molecule has 0 saturated carbocycles. The zero-order valence-electron chi connectivity index (χ0n) is 15.5. The summed E-state index contributed by atoms with van der Waals surface area (Å²) in [6, 6.07) is 2.44. The van der Waals surface area contributed by atoms with Crippen LogP contribution in [-0.2, 0) is 16.4 Å². The molecule has 1 amide bonds. The molecular weight excluding hydrogens is 401 g/mol. The Morgan fingerprint density at radius 2 is 1.93 bits per heavy atom. The van der Waals surface area contributed by atoms with E-state index in [0.29, 0.717) is 5.56 Å². The molecule has 0 aliphatic heterocycles. The summed E-state index contributed by atoms with van der Waals surface area (Å²) in [5, 5.41) is 2.55. The van der Waals surface area contributed by atoms with Crippen LogP contribution in [0, 0.1) is 6.92 Å². The van der Waals surface area contributed by atoms with Gasteiger partial charge in [0.1, 0.15) is 6.26 Å². The lowest BCUT2D eigenvalue weighted by molar-refractivity contribution is -0.137. The number of hydrogen-bond acceptors (Lipinski definition) is 6. The predicted molar refractivity (Wildman–Crippen MR) is 95.3 cm³/mol. The minimum atomic E-state index is -4.53. The Hall–Kier alpha value is -2.60. The first kappa shape index (κ1) is 21.7. The molecule has 2 rings (SSSR count). The van der Waals surface area contributed by atoms with Crippen molar-refractivity contribution in [1.82, 2.24) is 14.0 Å². The summed E-state index contributed by atoms with van der Waals surface area (Å²) in [6.07, 6.45) is -3.63. The van der Waals surface area contributed by atoms with Gasteiger partial charge in [-0.2, -0.15) is 30.9 Å². The number of nitrogens with zero attached hydrogens (tertiary/aromatic N) is 2. The maximum atomic E-state index is 12.8. The van der Waals surface area contributed by atoms with Crippen molar-refractivity contribution in [2.24, 2.45) is 0 Å². The number of nitrogens with one attached hydrogen (secondary N) is 2. The SMILES string of the molecule is Cc1ccc(C(F)(F)F)cc1Nc1nc(C(=O)NS(=O)(=O)N(C)C(C)C)co1. The van der Waals surface area contributed by atoms with E-state index in [1.807, 2.05) is 4.72 Å². The molecule has 0 fully saturated rings. The number of carbonyl (C=O) groups is 1. The van der Waals surface area contributed by atoms with Gasteiger partial charge in [0.25, 0.3) is 11.9 Å². The van der Waals surface area contributed by atoms with Crippen LogP contribution in [0.1, 0.15) is 35.5 Å². The summed E-state index contributed by atoms with van der Waals surface area (Å²) < 4.78 is 70.4. The van der Waals surface area contributed by atoms with E-state index in [-0.39, 0.29) is 23.4 Å². The summed E-state index contributed by atoms with van der Waals surface area (Å²) in [4.78, 5) is 15.9. The first-order chi connectivity index (χ1) is 12.8. The van der Waals surface area contributed by atoms with Crippen molar-refractivity contribution in [3.05, 3.63) is 41.3 Å². The zero-order valence-corrected chi connectivity index (χ0v) is 16.3. The van der Waals surface area contributed by atoms with Crippen molar-refractivity contribution in [2.45, 2.75) is 33.0 Å². The van der Waals surface area contributed by atoms with Gasteiger partial charge in [-0.3, -0.25) is 4.79 Å². The first-order valence-electron chi connectivity index (χ1n) is 8.01. The Labute approximate surface area is 159 Å².